The van der Waals surface area contributed by atoms with E-state index in [1.807, 2.05) is 0 Å². The first-order chi connectivity index (χ1) is 8.17. The average molecular weight is 231 g/mol. The Bertz CT molecular complexity index is 336. The molecule has 0 spiro atoms. The Morgan fingerprint density at radius 3 is 2.12 bits per heavy atom. The van der Waals surface area contributed by atoms with Crippen LogP contribution >= 0.6 is 0 Å². The molecule has 0 heterocycles. The lowest BCUT2D eigenvalue weighted by molar-refractivity contribution is 0.206. The van der Waals surface area contributed by atoms with Crippen LogP contribution in [0.1, 0.15) is 51.5 Å². The van der Waals surface area contributed by atoms with Gasteiger partial charge in [0.25, 0.3) is 0 Å². The molecule has 1 aromatic rings. The molecule has 1 nitrogen and oxygen atoms in total. The molecule has 2 rings (SSSR count). The van der Waals surface area contributed by atoms with Crippen molar-refractivity contribution in [2.75, 3.05) is 0 Å². The maximum Gasteiger partial charge on any atom is 0.0160 e. The van der Waals surface area contributed by atoms with Crippen LogP contribution in [0.15, 0.2) is 30.3 Å². The summed E-state index contributed by atoms with van der Waals surface area (Å²) in [5.41, 5.74) is 8.25. The molecule has 0 radical (unpaired) electrons. The van der Waals surface area contributed by atoms with Crippen LogP contribution in [-0.4, -0.2) is 6.04 Å². The van der Waals surface area contributed by atoms with Gasteiger partial charge in [-0.2, -0.15) is 0 Å². The van der Waals surface area contributed by atoms with Gasteiger partial charge in [0.05, 0.1) is 0 Å². The third-order valence-electron chi connectivity index (χ3n) is 4.45. The molecule has 1 saturated carbocycles. The van der Waals surface area contributed by atoms with Crippen molar-refractivity contribution < 1.29 is 0 Å². The summed E-state index contributed by atoms with van der Waals surface area (Å²) in [6.07, 6.45) is 6.55. The van der Waals surface area contributed by atoms with Crippen molar-refractivity contribution in [2.24, 2.45) is 11.7 Å². The number of hydrogen-bond acceptors (Lipinski definition) is 1. The summed E-state index contributed by atoms with van der Waals surface area (Å²) in [6.45, 7) is 4.51. The Balaban J connectivity index is 2.36. The summed E-state index contributed by atoms with van der Waals surface area (Å²) in [4.78, 5) is 0. The second-order valence-corrected chi connectivity index (χ2v) is 5.85. The fraction of sp³-hybridized carbons (Fsp3) is 0.625. The van der Waals surface area contributed by atoms with E-state index < -0.39 is 0 Å². The van der Waals surface area contributed by atoms with Crippen LogP contribution in [0.4, 0.5) is 0 Å². The van der Waals surface area contributed by atoms with Crippen LogP contribution in [0.25, 0.3) is 0 Å². The van der Waals surface area contributed by atoms with Gasteiger partial charge in [0.1, 0.15) is 0 Å². The van der Waals surface area contributed by atoms with Gasteiger partial charge in [-0.25, -0.2) is 0 Å². The molecule has 0 bridgehead atoms. The first-order valence-electron chi connectivity index (χ1n) is 6.98. The Hall–Kier alpha value is -0.820. The van der Waals surface area contributed by atoms with Crippen molar-refractivity contribution in [1.29, 1.82) is 0 Å². The first kappa shape index (κ1) is 12.6. The molecule has 1 atom stereocenters. The number of rotatable bonds is 3. The SMILES string of the molecule is CC(C)C(N)C1(c2ccccc2)CCCCC1. The lowest BCUT2D eigenvalue weighted by atomic mass is 9.63. The smallest absolute Gasteiger partial charge is 0.0160 e. The highest BCUT2D eigenvalue weighted by Crippen LogP contribution is 2.43. The molecule has 0 amide bonds. The number of benzene rings is 1. The van der Waals surface area contributed by atoms with Crippen LogP contribution in [0, 0.1) is 5.92 Å². The topological polar surface area (TPSA) is 26.0 Å². The minimum Gasteiger partial charge on any atom is -0.327 e. The van der Waals surface area contributed by atoms with Crippen LogP contribution in [0.5, 0.6) is 0 Å². The Morgan fingerprint density at radius 2 is 1.59 bits per heavy atom. The van der Waals surface area contributed by atoms with Gasteiger partial charge in [-0.1, -0.05) is 63.4 Å². The van der Waals surface area contributed by atoms with Crippen molar-refractivity contribution in [1.82, 2.24) is 0 Å². The van der Waals surface area contributed by atoms with Crippen LogP contribution in [-0.2, 0) is 5.41 Å². The molecule has 1 aromatic carbocycles. The van der Waals surface area contributed by atoms with E-state index in [4.69, 9.17) is 5.73 Å². The molecule has 0 aromatic heterocycles. The molecule has 17 heavy (non-hydrogen) atoms. The maximum absolute atomic E-state index is 6.56. The van der Waals surface area contributed by atoms with Crippen LogP contribution in [0.3, 0.4) is 0 Å². The van der Waals surface area contributed by atoms with Gasteiger partial charge in [0.2, 0.25) is 0 Å². The third-order valence-corrected chi connectivity index (χ3v) is 4.45. The highest BCUT2D eigenvalue weighted by Gasteiger charge is 2.40. The Kier molecular flexibility index (Phi) is 3.88. The number of hydrogen-bond donors (Lipinski definition) is 1. The molecule has 1 aliphatic rings. The monoisotopic (exact) mass is 231 g/mol. The van der Waals surface area contributed by atoms with E-state index >= 15 is 0 Å². The number of nitrogens with two attached hydrogens (primary N) is 1. The van der Waals surface area contributed by atoms with Gasteiger partial charge in [-0.3, -0.25) is 0 Å². The van der Waals surface area contributed by atoms with E-state index in [-0.39, 0.29) is 11.5 Å². The minimum absolute atomic E-state index is 0.230. The second kappa shape index (κ2) is 5.22. The molecular weight excluding hydrogens is 206 g/mol. The summed E-state index contributed by atoms with van der Waals surface area (Å²) in [5, 5.41) is 0. The predicted molar refractivity (Wildman–Crippen MR) is 74.0 cm³/mol. The molecule has 94 valence electrons. The summed E-state index contributed by atoms with van der Waals surface area (Å²) < 4.78 is 0. The maximum atomic E-state index is 6.56. The standard InChI is InChI=1S/C16H25N/c1-13(2)15(17)16(11-7-4-8-12-16)14-9-5-3-6-10-14/h3,5-6,9-10,13,15H,4,7-8,11-12,17H2,1-2H3. The molecule has 2 N–H and O–H groups in total. The van der Waals surface area contributed by atoms with E-state index in [1.165, 1.54) is 37.7 Å². The summed E-state index contributed by atoms with van der Waals surface area (Å²) in [5.74, 6) is 0.549. The summed E-state index contributed by atoms with van der Waals surface area (Å²) in [7, 11) is 0. The van der Waals surface area contributed by atoms with Crippen molar-refractivity contribution >= 4 is 0 Å². The van der Waals surface area contributed by atoms with Crippen LogP contribution < -0.4 is 5.73 Å². The zero-order valence-corrected chi connectivity index (χ0v) is 11.2. The Labute approximate surface area is 105 Å². The largest absolute Gasteiger partial charge is 0.327 e. The van der Waals surface area contributed by atoms with E-state index in [0.29, 0.717) is 5.92 Å². The lowest BCUT2D eigenvalue weighted by Crippen LogP contribution is -2.49. The zero-order valence-electron chi connectivity index (χ0n) is 11.2. The van der Waals surface area contributed by atoms with Gasteiger partial charge < -0.3 is 5.73 Å². The molecule has 0 saturated heterocycles. The van der Waals surface area contributed by atoms with Gasteiger partial charge in [0.15, 0.2) is 0 Å². The van der Waals surface area contributed by atoms with E-state index in [2.05, 4.69) is 44.2 Å². The summed E-state index contributed by atoms with van der Waals surface area (Å²) in [6, 6.07) is 11.2. The minimum atomic E-state index is 0.230. The zero-order chi connectivity index (χ0) is 12.3. The van der Waals surface area contributed by atoms with E-state index in [0.717, 1.165) is 0 Å². The van der Waals surface area contributed by atoms with Crippen LogP contribution in [0.2, 0.25) is 0 Å². The first-order valence-corrected chi connectivity index (χ1v) is 6.98. The highest BCUT2D eigenvalue weighted by atomic mass is 14.7. The van der Waals surface area contributed by atoms with Gasteiger partial charge in [0, 0.05) is 11.5 Å². The van der Waals surface area contributed by atoms with Gasteiger partial charge in [-0.15, -0.1) is 0 Å². The molecule has 0 aliphatic heterocycles. The third kappa shape index (κ3) is 2.40. The van der Waals surface area contributed by atoms with E-state index in [1.54, 1.807) is 0 Å². The summed E-state index contributed by atoms with van der Waals surface area (Å²) >= 11 is 0. The van der Waals surface area contributed by atoms with Gasteiger partial charge in [-0.05, 0) is 24.3 Å². The predicted octanol–water partition coefficient (Wildman–Crippen LogP) is 3.87. The fourth-order valence-corrected chi connectivity index (χ4v) is 3.41. The molecule has 1 aliphatic carbocycles. The normalized spacial score (nSPS) is 21.4. The quantitative estimate of drug-likeness (QED) is 0.839. The lowest BCUT2D eigenvalue weighted by Gasteiger charge is -2.44. The van der Waals surface area contributed by atoms with Crippen molar-refractivity contribution in [3.63, 3.8) is 0 Å². The molecule has 1 unspecified atom stereocenters. The van der Waals surface area contributed by atoms with Crippen molar-refractivity contribution in [3.8, 4) is 0 Å². The molecular formula is C16H25N. The van der Waals surface area contributed by atoms with Gasteiger partial charge >= 0.3 is 0 Å². The fourth-order valence-electron chi connectivity index (χ4n) is 3.41. The molecule has 1 fully saturated rings. The van der Waals surface area contributed by atoms with Crippen molar-refractivity contribution in [3.05, 3.63) is 35.9 Å². The second-order valence-electron chi connectivity index (χ2n) is 5.85. The van der Waals surface area contributed by atoms with E-state index in [9.17, 15) is 0 Å². The average Bonchev–Trinajstić information content (AvgIpc) is 2.39. The Morgan fingerprint density at radius 1 is 1.00 bits per heavy atom. The highest BCUT2D eigenvalue weighted by molar-refractivity contribution is 5.28. The molecule has 1 heteroatoms. The van der Waals surface area contributed by atoms with Crippen molar-refractivity contribution in [2.45, 2.75) is 57.4 Å².